The molecule has 0 N–H and O–H groups in total. The monoisotopic (exact) mass is 108 g/mol. The zero-order chi connectivity index (χ0) is 5.19. The van der Waals surface area contributed by atoms with E-state index in [-0.39, 0.29) is 0 Å². The minimum Gasteiger partial charge on any atom is -0.0525 e. The molecule has 0 saturated heterocycles. The van der Waals surface area contributed by atoms with E-state index in [1.165, 1.54) is 11.8 Å². The summed E-state index contributed by atoms with van der Waals surface area (Å²) in [6.45, 7) is 0. The maximum Gasteiger partial charge on any atom is -0.0235 e. The fourth-order valence-corrected chi connectivity index (χ4v) is 3.37. The van der Waals surface area contributed by atoms with Crippen LogP contribution in [0.1, 0.15) is 32.1 Å². The van der Waals surface area contributed by atoms with Gasteiger partial charge in [-0.3, -0.25) is 0 Å². The standard InChI is InChI=1S/C8H12/c1-2-6-7-3-5-8(6,7)4-1/h6-7H,1-5H2/t6-,7?,8?/m1/s1. The van der Waals surface area contributed by atoms with Crippen molar-refractivity contribution in [2.75, 3.05) is 0 Å². The Labute approximate surface area is 50.3 Å². The molecule has 3 aliphatic rings. The van der Waals surface area contributed by atoms with E-state index in [0.29, 0.717) is 0 Å². The first-order valence-corrected chi connectivity index (χ1v) is 3.93. The Kier molecular flexibility index (Phi) is 0.427. The molecule has 2 unspecified atom stereocenters. The van der Waals surface area contributed by atoms with Crippen LogP contribution >= 0.6 is 0 Å². The first-order chi connectivity index (χ1) is 3.93. The largest absolute Gasteiger partial charge is 0.0525 e. The number of hydrogen-bond donors (Lipinski definition) is 0. The fourth-order valence-electron chi connectivity index (χ4n) is 3.37. The van der Waals surface area contributed by atoms with Crippen molar-refractivity contribution in [1.29, 1.82) is 0 Å². The van der Waals surface area contributed by atoms with Gasteiger partial charge in [-0.05, 0) is 42.9 Å². The molecule has 0 aromatic rings. The Balaban J connectivity index is 2.00. The van der Waals surface area contributed by atoms with Gasteiger partial charge in [0.1, 0.15) is 0 Å². The molecule has 0 aromatic carbocycles. The number of fused-ring (bicyclic) bond motifs is 1. The third kappa shape index (κ3) is 0.206. The van der Waals surface area contributed by atoms with Crippen LogP contribution in [0.4, 0.5) is 0 Å². The lowest BCUT2D eigenvalue weighted by molar-refractivity contribution is 0.279. The van der Waals surface area contributed by atoms with E-state index >= 15 is 0 Å². The molecule has 0 amide bonds. The van der Waals surface area contributed by atoms with Crippen molar-refractivity contribution in [2.45, 2.75) is 32.1 Å². The van der Waals surface area contributed by atoms with Crippen LogP contribution in [0.2, 0.25) is 0 Å². The topological polar surface area (TPSA) is 0 Å². The van der Waals surface area contributed by atoms with Gasteiger partial charge in [-0.1, -0.05) is 6.42 Å². The summed E-state index contributed by atoms with van der Waals surface area (Å²) in [6, 6.07) is 0. The smallest absolute Gasteiger partial charge is 0.0235 e. The Hall–Kier alpha value is 0. The third-order valence-corrected chi connectivity index (χ3v) is 3.93. The van der Waals surface area contributed by atoms with Crippen LogP contribution in [0.25, 0.3) is 0 Å². The van der Waals surface area contributed by atoms with Gasteiger partial charge in [-0.25, -0.2) is 0 Å². The Morgan fingerprint density at radius 2 is 1.88 bits per heavy atom. The molecule has 44 valence electrons. The predicted octanol–water partition coefficient (Wildman–Crippen LogP) is 2.20. The van der Waals surface area contributed by atoms with Crippen LogP contribution in [0, 0.1) is 17.3 Å². The normalized spacial score (nSPS) is 66.0. The second-order valence-corrected chi connectivity index (χ2v) is 3.88. The summed E-state index contributed by atoms with van der Waals surface area (Å²) in [6.07, 6.45) is 7.93. The highest BCUT2D eigenvalue weighted by atomic mass is 14.8. The second-order valence-electron chi connectivity index (χ2n) is 3.88. The fraction of sp³-hybridized carbons (Fsp3) is 1.00. The molecule has 3 atom stereocenters. The summed E-state index contributed by atoms with van der Waals surface area (Å²) in [5.41, 5.74) is 1.00. The molecular weight excluding hydrogens is 96.1 g/mol. The predicted molar refractivity (Wildman–Crippen MR) is 32.5 cm³/mol. The minimum absolute atomic E-state index is 1.00. The summed E-state index contributed by atoms with van der Waals surface area (Å²) in [4.78, 5) is 0. The molecule has 0 bridgehead atoms. The molecule has 0 radical (unpaired) electrons. The molecule has 1 spiro atoms. The van der Waals surface area contributed by atoms with Crippen LogP contribution in [-0.2, 0) is 0 Å². The molecule has 3 rings (SSSR count). The van der Waals surface area contributed by atoms with Gasteiger partial charge in [0.05, 0.1) is 0 Å². The Morgan fingerprint density at radius 1 is 1.00 bits per heavy atom. The van der Waals surface area contributed by atoms with Gasteiger partial charge >= 0.3 is 0 Å². The van der Waals surface area contributed by atoms with Crippen LogP contribution < -0.4 is 0 Å². The van der Waals surface area contributed by atoms with Crippen molar-refractivity contribution >= 4 is 0 Å². The van der Waals surface area contributed by atoms with Gasteiger partial charge in [-0.2, -0.15) is 0 Å². The molecule has 0 aromatic heterocycles. The van der Waals surface area contributed by atoms with Gasteiger partial charge in [-0.15, -0.1) is 0 Å². The summed E-state index contributed by atoms with van der Waals surface area (Å²) >= 11 is 0. The van der Waals surface area contributed by atoms with Crippen LogP contribution in [0.15, 0.2) is 0 Å². The minimum atomic E-state index is 1.00. The highest BCUT2D eigenvalue weighted by Crippen LogP contribution is 2.79. The molecule has 3 aliphatic carbocycles. The zero-order valence-corrected chi connectivity index (χ0v) is 5.19. The zero-order valence-electron chi connectivity index (χ0n) is 5.19. The van der Waals surface area contributed by atoms with Crippen LogP contribution in [0.5, 0.6) is 0 Å². The molecule has 8 heavy (non-hydrogen) atoms. The molecular formula is C8H12. The first-order valence-electron chi connectivity index (χ1n) is 3.93. The first kappa shape index (κ1) is 3.92. The average molecular weight is 108 g/mol. The van der Waals surface area contributed by atoms with E-state index in [4.69, 9.17) is 0 Å². The van der Waals surface area contributed by atoms with Crippen molar-refractivity contribution < 1.29 is 0 Å². The highest BCUT2D eigenvalue weighted by molar-refractivity contribution is 5.20. The van der Waals surface area contributed by atoms with E-state index < -0.39 is 0 Å². The number of rotatable bonds is 0. The summed E-state index contributed by atoms with van der Waals surface area (Å²) in [5, 5.41) is 0. The molecule has 3 fully saturated rings. The quantitative estimate of drug-likeness (QED) is 0.446. The van der Waals surface area contributed by atoms with E-state index in [2.05, 4.69) is 0 Å². The van der Waals surface area contributed by atoms with E-state index in [1.54, 1.807) is 32.1 Å². The summed E-state index contributed by atoms with van der Waals surface area (Å²) in [7, 11) is 0. The lowest BCUT2D eigenvalue weighted by Gasteiger charge is -2.23. The second kappa shape index (κ2) is 0.872. The molecule has 0 heterocycles. The lowest BCUT2D eigenvalue weighted by atomic mass is 9.82. The molecule has 0 aliphatic heterocycles. The third-order valence-electron chi connectivity index (χ3n) is 3.93. The van der Waals surface area contributed by atoms with E-state index in [1.807, 2.05) is 0 Å². The van der Waals surface area contributed by atoms with Gasteiger partial charge < -0.3 is 0 Å². The highest BCUT2D eigenvalue weighted by Gasteiger charge is 2.71. The van der Waals surface area contributed by atoms with Gasteiger partial charge in [0, 0.05) is 0 Å². The van der Waals surface area contributed by atoms with Crippen LogP contribution in [-0.4, -0.2) is 0 Å². The molecule has 0 heteroatoms. The van der Waals surface area contributed by atoms with E-state index in [0.717, 1.165) is 5.41 Å². The van der Waals surface area contributed by atoms with E-state index in [9.17, 15) is 0 Å². The van der Waals surface area contributed by atoms with Crippen molar-refractivity contribution in [3.05, 3.63) is 0 Å². The maximum atomic E-state index is 1.60. The lowest BCUT2D eigenvalue weighted by Crippen LogP contribution is -2.12. The molecule has 3 saturated carbocycles. The van der Waals surface area contributed by atoms with Crippen molar-refractivity contribution in [2.24, 2.45) is 17.3 Å². The maximum absolute atomic E-state index is 1.60. The van der Waals surface area contributed by atoms with Crippen LogP contribution in [0.3, 0.4) is 0 Å². The number of hydrogen-bond acceptors (Lipinski definition) is 0. The Bertz CT molecular complexity index is 139. The van der Waals surface area contributed by atoms with Gasteiger partial charge in [0.25, 0.3) is 0 Å². The summed E-state index contributed by atoms with van der Waals surface area (Å²) in [5.74, 6) is 2.48. The Morgan fingerprint density at radius 3 is 2.25 bits per heavy atom. The van der Waals surface area contributed by atoms with Gasteiger partial charge in [0.15, 0.2) is 0 Å². The van der Waals surface area contributed by atoms with Gasteiger partial charge in [0.2, 0.25) is 0 Å². The SMILES string of the molecule is C1C[C@@H]2C3CCC32C1. The van der Waals surface area contributed by atoms with Crippen molar-refractivity contribution in [3.63, 3.8) is 0 Å². The van der Waals surface area contributed by atoms with Crippen molar-refractivity contribution in [3.8, 4) is 0 Å². The molecule has 0 nitrogen and oxygen atoms in total. The summed E-state index contributed by atoms with van der Waals surface area (Å²) < 4.78 is 0. The average Bonchev–Trinajstić information content (AvgIpc) is 2.20. The van der Waals surface area contributed by atoms with Crippen molar-refractivity contribution in [1.82, 2.24) is 0 Å².